The van der Waals surface area contributed by atoms with E-state index in [1.54, 1.807) is 0 Å². The molecule has 0 aliphatic rings. The molecule has 2 heteroatoms. The lowest BCUT2D eigenvalue weighted by Crippen LogP contribution is -2.05. The van der Waals surface area contributed by atoms with Crippen LogP contribution < -0.4 is 0 Å². The van der Waals surface area contributed by atoms with Crippen molar-refractivity contribution in [3.63, 3.8) is 0 Å². The minimum atomic E-state index is 0.0491. The summed E-state index contributed by atoms with van der Waals surface area (Å²) in [5.74, 6) is 0.0491. The number of ketones is 1. The first kappa shape index (κ1) is 13.5. The number of aromatic nitrogens is 1. The van der Waals surface area contributed by atoms with E-state index in [0.717, 1.165) is 29.8 Å². The zero-order valence-electron chi connectivity index (χ0n) is 11.7. The Hall–Kier alpha value is -1.96. The second-order valence-electron chi connectivity index (χ2n) is 4.86. The molecule has 2 aromatic rings. The Bertz CT molecular complexity index is 585. The fourth-order valence-corrected chi connectivity index (χ4v) is 2.19. The maximum atomic E-state index is 12.4. The van der Waals surface area contributed by atoms with Gasteiger partial charge in [0, 0.05) is 22.5 Å². The predicted molar refractivity (Wildman–Crippen MR) is 77.6 cm³/mol. The molecular weight excluding hydrogens is 234 g/mol. The third kappa shape index (κ3) is 3.08. The third-order valence-corrected chi connectivity index (χ3v) is 3.22. The van der Waals surface area contributed by atoms with Crippen LogP contribution in [0.1, 0.15) is 46.2 Å². The standard InChI is InChI=1S/C17H19NO/c1-4-5-14-7-9-15(10-8-14)17(19)16-11-6-12(2)18-13(16)3/h6-11H,4-5H2,1-3H3. The van der Waals surface area contributed by atoms with Crippen molar-refractivity contribution in [1.29, 1.82) is 0 Å². The monoisotopic (exact) mass is 253 g/mol. The molecule has 0 spiro atoms. The van der Waals surface area contributed by atoms with Gasteiger partial charge in [-0.1, -0.05) is 37.6 Å². The molecule has 0 N–H and O–H groups in total. The first-order valence-corrected chi connectivity index (χ1v) is 6.69. The third-order valence-electron chi connectivity index (χ3n) is 3.22. The molecule has 19 heavy (non-hydrogen) atoms. The molecule has 2 nitrogen and oxygen atoms in total. The van der Waals surface area contributed by atoms with Gasteiger partial charge in [0.05, 0.1) is 0 Å². The van der Waals surface area contributed by atoms with Gasteiger partial charge in [-0.15, -0.1) is 0 Å². The van der Waals surface area contributed by atoms with Crippen molar-refractivity contribution in [2.45, 2.75) is 33.6 Å². The van der Waals surface area contributed by atoms with E-state index in [9.17, 15) is 4.79 Å². The van der Waals surface area contributed by atoms with E-state index in [1.165, 1.54) is 5.56 Å². The number of benzene rings is 1. The van der Waals surface area contributed by atoms with Crippen molar-refractivity contribution in [2.75, 3.05) is 0 Å². The number of pyridine rings is 1. The lowest BCUT2D eigenvalue weighted by molar-refractivity contribution is 0.103. The van der Waals surface area contributed by atoms with Crippen molar-refractivity contribution in [2.24, 2.45) is 0 Å². The molecule has 0 aliphatic carbocycles. The van der Waals surface area contributed by atoms with Crippen molar-refractivity contribution >= 4 is 5.78 Å². The molecular formula is C17H19NO. The summed E-state index contributed by atoms with van der Waals surface area (Å²) in [6, 6.07) is 11.6. The second-order valence-corrected chi connectivity index (χ2v) is 4.86. The fraction of sp³-hybridized carbons (Fsp3) is 0.294. The highest BCUT2D eigenvalue weighted by molar-refractivity contribution is 6.09. The average molecular weight is 253 g/mol. The van der Waals surface area contributed by atoms with E-state index in [0.29, 0.717) is 5.56 Å². The van der Waals surface area contributed by atoms with Crippen LogP contribution in [0.3, 0.4) is 0 Å². The van der Waals surface area contributed by atoms with Crippen LogP contribution in [-0.4, -0.2) is 10.8 Å². The van der Waals surface area contributed by atoms with Crippen molar-refractivity contribution in [3.05, 3.63) is 64.5 Å². The molecule has 1 aromatic heterocycles. The molecule has 0 radical (unpaired) electrons. The topological polar surface area (TPSA) is 30.0 Å². The molecule has 0 bridgehead atoms. The zero-order valence-corrected chi connectivity index (χ0v) is 11.7. The summed E-state index contributed by atoms with van der Waals surface area (Å²) >= 11 is 0. The molecule has 1 aromatic carbocycles. The number of carbonyl (C=O) groups excluding carboxylic acids is 1. The second kappa shape index (κ2) is 5.79. The van der Waals surface area contributed by atoms with Gasteiger partial charge in [-0.2, -0.15) is 0 Å². The summed E-state index contributed by atoms with van der Waals surface area (Å²) < 4.78 is 0. The van der Waals surface area contributed by atoms with Crippen LogP contribution in [0.25, 0.3) is 0 Å². The highest BCUT2D eigenvalue weighted by Gasteiger charge is 2.12. The maximum absolute atomic E-state index is 12.4. The Morgan fingerprint density at radius 3 is 2.32 bits per heavy atom. The van der Waals surface area contributed by atoms with Crippen LogP contribution >= 0.6 is 0 Å². The number of hydrogen-bond acceptors (Lipinski definition) is 2. The normalized spacial score (nSPS) is 10.5. The van der Waals surface area contributed by atoms with Gasteiger partial charge >= 0.3 is 0 Å². The molecule has 0 unspecified atom stereocenters. The van der Waals surface area contributed by atoms with Crippen LogP contribution in [0, 0.1) is 13.8 Å². The highest BCUT2D eigenvalue weighted by Crippen LogP contribution is 2.14. The summed E-state index contributed by atoms with van der Waals surface area (Å²) in [4.78, 5) is 16.8. The van der Waals surface area contributed by atoms with E-state index in [-0.39, 0.29) is 5.78 Å². The maximum Gasteiger partial charge on any atom is 0.194 e. The quantitative estimate of drug-likeness (QED) is 0.774. The molecule has 0 saturated heterocycles. The Balaban J connectivity index is 2.28. The molecule has 0 aliphatic heterocycles. The number of carbonyl (C=O) groups is 1. The van der Waals surface area contributed by atoms with Crippen LogP contribution in [-0.2, 0) is 6.42 Å². The minimum Gasteiger partial charge on any atom is -0.289 e. The van der Waals surface area contributed by atoms with E-state index in [2.05, 4.69) is 11.9 Å². The van der Waals surface area contributed by atoms with Gasteiger partial charge in [-0.05, 0) is 38.0 Å². The highest BCUT2D eigenvalue weighted by atomic mass is 16.1. The molecule has 0 atom stereocenters. The Morgan fingerprint density at radius 2 is 1.74 bits per heavy atom. The van der Waals surface area contributed by atoms with Gasteiger partial charge in [-0.3, -0.25) is 9.78 Å². The molecule has 98 valence electrons. The van der Waals surface area contributed by atoms with Crippen LogP contribution in [0.5, 0.6) is 0 Å². The largest absolute Gasteiger partial charge is 0.289 e. The van der Waals surface area contributed by atoms with Gasteiger partial charge in [0.2, 0.25) is 0 Å². The first-order chi connectivity index (χ1) is 9.11. The Kier molecular flexibility index (Phi) is 4.10. The number of nitrogens with zero attached hydrogens (tertiary/aromatic N) is 1. The smallest absolute Gasteiger partial charge is 0.194 e. The first-order valence-electron chi connectivity index (χ1n) is 6.69. The molecule has 2 rings (SSSR count). The number of hydrogen-bond donors (Lipinski definition) is 0. The summed E-state index contributed by atoms with van der Waals surface area (Å²) in [5.41, 5.74) is 4.43. The van der Waals surface area contributed by atoms with Gasteiger partial charge < -0.3 is 0 Å². The predicted octanol–water partition coefficient (Wildman–Crippen LogP) is 3.88. The zero-order chi connectivity index (χ0) is 13.8. The van der Waals surface area contributed by atoms with Gasteiger partial charge in [0.1, 0.15) is 0 Å². The number of rotatable bonds is 4. The van der Waals surface area contributed by atoms with Crippen molar-refractivity contribution < 1.29 is 4.79 Å². The summed E-state index contributed by atoms with van der Waals surface area (Å²) in [5, 5.41) is 0. The molecule has 0 saturated carbocycles. The molecule has 0 fully saturated rings. The summed E-state index contributed by atoms with van der Waals surface area (Å²) in [6.45, 7) is 5.97. The minimum absolute atomic E-state index is 0.0491. The van der Waals surface area contributed by atoms with Gasteiger partial charge in [0.25, 0.3) is 0 Å². The summed E-state index contributed by atoms with van der Waals surface area (Å²) in [7, 11) is 0. The van der Waals surface area contributed by atoms with Crippen LogP contribution in [0.2, 0.25) is 0 Å². The molecule has 1 heterocycles. The van der Waals surface area contributed by atoms with E-state index < -0.39 is 0 Å². The van der Waals surface area contributed by atoms with E-state index in [1.807, 2.05) is 50.2 Å². The molecule has 0 amide bonds. The lowest BCUT2D eigenvalue weighted by Gasteiger charge is -2.06. The average Bonchev–Trinajstić information content (AvgIpc) is 2.39. The van der Waals surface area contributed by atoms with E-state index >= 15 is 0 Å². The Morgan fingerprint density at radius 1 is 1.05 bits per heavy atom. The van der Waals surface area contributed by atoms with Gasteiger partial charge in [0.15, 0.2) is 5.78 Å². The fourth-order valence-electron chi connectivity index (χ4n) is 2.19. The Labute approximate surface area is 114 Å². The summed E-state index contributed by atoms with van der Waals surface area (Å²) in [6.07, 6.45) is 2.17. The lowest BCUT2D eigenvalue weighted by atomic mass is 10.00. The van der Waals surface area contributed by atoms with Crippen molar-refractivity contribution in [3.8, 4) is 0 Å². The van der Waals surface area contributed by atoms with Gasteiger partial charge in [-0.25, -0.2) is 0 Å². The van der Waals surface area contributed by atoms with Crippen molar-refractivity contribution in [1.82, 2.24) is 4.98 Å². The SMILES string of the molecule is CCCc1ccc(C(=O)c2ccc(C)nc2C)cc1. The van der Waals surface area contributed by atoms with Crippen LogP contribution in [0.15, 0.2) is 36.4 Å². The van der Waals surface area contributed by atoms with E-state index in [4.69, 9.17) is 0 Å². The van der Waals surface area contributed by atoms with Crippen LogP contribution in [0.4, 0.5) is 0 Å². The number of aryl methyl sites for hydroxylation is 3.